The van der Waals surface area contributed by atoms with Crippen molar-refractivity contribution in [3.8, 4) is 0 Å². The molecule has 0 radical (unpaired) electrons. The Kier molecular flexibility index (Phi) is 5.08. The third kappa shape index (κ3) is 3.48. The van der Waals surface area contributed by atoms with Crippen molar-refractivity contribution in [2.75, 3.05) is 32.1 Å². The van der Waals surface area contributed by atoms with E-state index >= 15 is 0 Å². The first-order valence-corrected chi connectivity index (χ1v) is 5.73. The molecule has 0 bridgehead atoms. The van der Waals surface area contributed by atoms with Crippen LogP contribution in [0, 0.1) is 0 Å². The Balaban J connectivity index is 2.81. The zero-order valence-corrected chi connectivity index (χ0v) is 10.7. The molecule has 0 heterocycles. The number of halogens is 1. The number of anilines is 1. The molecular formula is C11H17BrN2O. The molecule has 0 aliphatic rings. The number of nitrogens with zero attached hydrogens (tertiary/aromatic N) is 1. The summed E-state index contributed by atoms with van der Waals surface area (Å²) >= 11 is 3.54. The molecule has 0 unspecified atom stereocenters. The number of aliphatic hydroxyl groups excluding tert-OH is 1. The van der Waals surface area contributed by atoms with Crippen LogP contribution in [0.1, 0.15) is 5.56 Å². The topological polar surface area (TPSA) is 35.5 Å². The second kappa shape index (κ2) is 6.10. The molecule has 0 aromatic heterocycles. The van der Waals surface area contributed by atoms with Gasteiger partial charge in [-0.2, -0.15) is 0 Å². The fraction of sp³-hybridized carbons (Fsp3) is 0.455. The normalized spacial score (nSPS) is 10.4. The van der Waals surface area contributed by atoms with Crippen LogP contribution >= 0.6 is 15.9 Å². The zero-order valence-electron chi connectivity index (χ0n) is 9.13. The Labute approximate surface area is 99.2 Å². The van der Waals surface area contributed by atoms with Crippen LogP contribution in [0.15, 0.2) is 22.7 Å². The number of hydrogen-bond acceptors (Lipinski definition) is 3. The molecule has 0 saturated carbocycles. The van der Waals surface area contributed by atoms with Crippen LogP contribution in [0.4, 0.5) is 5.69 Å². The van der Waals surface area contributed by atoms with Gasteiger partial charge in [-0.1, -0.05) is 22.0 Å². The first kappa shape index (κ1) is 12.5. The van der Waals surface area contributed by atoms with E-state index in [-0.39, 0.29) is 6.61 Å². The minimum Gasteiger partial charge on any atom is -0.395 e. The van der Waals surface area contributed by atoms with Gasteiger partial charge < -0.3 is 15.3 Å². The molecule has 0 fully saturated rings. The van der Waals surface area contributed by atoms with E-state index in [1.807, 2.05) is 19.0 Å². The molecule has 4 heteroatoms. The number of rotatable bonds is 5. The van der Waals surface area contributed by atoms with Gasteiger partial charge in [-0.25, -0.2) is 0 Å². The number of nitrogens with one attached hydrogen (secondary N) is 1. The molecule has 0 amide bonds. The second-order valence-corrected chi connectivity index (χ2v) is 4.31. The fourth-order valence-electron chi connectivity index (χ4n) is 1.39. The zero-order chi connectivity index (χ0) is 11.3. The second-order valence-electron chi connectivity index (χ2n) is 3.45. The van der Waals surface area contributed by atoms with Crippen LogP contribution < -0.4 is 10.2 Å². The van der Waals surface area contributed by atoms with Gasteiger partial charge in [0.1, 0.15) is 0 Å². The van der Waals surface area contributed by atoms with Gasteiger partial charge in [0.05, 0.1) is 6.61 Å². The SMILES string of the molecule is CNCc1ccc(N(C)CCO)cc1Br. The summed E-state index contributed by atoms with van der Waals surface area (Å²) in [6.45, 7) is 1.68. The first-order valence-electron chi connectivity index (χ1n) is 4.94. The molecule has 2 N–H and O–H groups in total. The summed E-state index contributed by atoms with van der Waals surface area (Å²) in [7, 11) is 3.90. The number of benzene rings is 1. The van der Waals surface area contributed by atoms with E-state index in [0.29, 0.717) is 6.54 Å². The number of aliphatic hydroxyl groups is 1. The van der Waals surface area contributed by atoms with E-state index < -0.39 is 0 Å². The lowest BCUT2D eigenvalue weighted by Crippen LogP contribution is -2.21. The van der Waals surface area contributed by atoms with Crippen LogP contribution in [0.5, 0.6) is 0 Å². The summed E-state index contributed by atoms with van der Waals surface area (Å²) in [6, 6.07) is 6.22. The standard InChI is InChI=1S/C11H17BrN2O/c1-13-8-9-3-4-10(7-11(9)12)14(2)5-6-15/h3-4,7,13,15H,5-6,8H2,1-2H3. The largest absolute Gasteiger partial charge is 0.395 e. The Morgan fingerprint density at radius 2 is 2.20 bits per heavy atom. The maximum absolute atomic E-state index is 8.84. The van der Waals surface area contributed by atoms with Gasteiger partial charge in [-0.15, -0.1) is 0 Å². The van der Waals surface area contributed by atoms with Crippen molar-refractivity contribution >= 4 is 21.6 Å². The van der Waals surface area contributed by atoms with Crippen LogP contribution in [0.2, 0.25) is 0 Å². The van der Waals surface area contributed by atoms with Gasteiger partial charge in [-0.3, -0.25) is 0 Å². The van der Waals surface area contributed by atoms with E-state index in [0.717, 1.165) is 16.7 Å². The summed E-state index contributed by atoms with van der Waals surface area (Å²) in [5.41, 5.74) is 2.34. The average Bonchev–Trinajstić information content (AvgIpc) is 2.21. The van der Waals surface area contributed by atoms with E-state index in [9.17, 15) is 0 Å². The molecule has 0 aliphatic heterocycles. The molecule has 15 heavy (non-hydrogen) atoms. The lowest BCUT2D eigenvalue weighted by atomic mass is 10.2. The van der Waals surface area contributed by atoms with Gasteiger partial charge in [0.25, 0.3) is 0 Å². The predicted octanol–water partition coefficient (Wildman–Crippen LogP) is 1.60. The molecule has 0 atom stereocenters. The highest BCUT2D eigenvalue weighted by Gasteiger charge is 2.03. The van der Waals surface area contributed by atoms with Crippen molar-refractivity contribution in [2.24, 2.45) is 0 Å². The van der Waals surface area contributed by atoms with E-state index in [1.165, 1.54) is 5.56 Å². The van der Waals surface area contributed by atoms with Crippen LogP contribution in [-0.4, -0.2) is 32.4 Å². The van der Waals surface area contributed by atoms with Gasteiger partial charge >= 0.3 is 0 Å². The quantitative estimate of drug-likeness (QED) is 0.855. The maximum Gasteiger partial charge on any atom is 0.0606 e. The van der Waals surface area contributed by atoms with Crippen molar-refractivity contribution in [3.63, 3.8) is 0 Å². The van der Waals surface area contributed by atoms with Crippen molar-refractivity contribution in [1.82, 2.24) is 5.32 Å². The van der Waals surface area contributed by atoms with E-state index in [4.69, 9.17) is 5.11 Å². The Bertz CT molecular complexity index is 317. The highest BCUT2D eigenvalue weighted by molar-refractivity contribution is 9.10. The summed E-state index contributed by atoms with van der Waals surface area (Å²) in [4.78, 5) is 2.02. The molecule has 0 aliphatic carbocycles. The Hall–Kier alpha value is -0.580. The smallest absolute Gasteiger partial charge is 0.0606 e. The molecule has 1 aromatic rings. The molecule has 84 valence electrons. The summed E-state index contributed by atoms with van der Waals surface area (Å²) in [5, 5.41) is 12.0. The molecule has 1 rings (SSSR count). The third-order valence-electron chi connectivity index (χ3n) is 2.28. The molecule has 1 aromatic carbocycles. The number of hydrogen-bond donors (Lipinski definition) is 2. The maximum atomic E-state index is 8.84. The monoisotopic (exact) mass is 272 g/mol. The first-order chi connectivity index (χ1) is 7.19. The van der Waals surface area contributed by atoms with Crippen LogP contribution in [0.25, 0.3) is 0 Å². The van der Waals surface area contributed by atoms with Crippen molar-refractivity contribution in [2.45, 2.75) is 6.54 Å². The lowest BCUT2D eigenvalue weighted by Gasteiger charge is -2.19. The average molecular weight is 273 g/mol. The summed E-state index contributed by atoms with van der Waals surface area (Å²) < 4.78 is 1.10. The Morgan fingerprint density at radius 1 is 1.47 bits per heavy atom. The van der Waals surface area contributed by atoms with E-state index in [2.05, 4.69) is 39.4 Å². The summed E-state index contributed by atoms with van der Waals surface area (Å²) in [6.07, 6.45) is 0. The van der Waals surface area contributed by atoms with Crippen molar-refractivity contribution < 1.29 is 5.11 Å². The van der Waals surface area contributed by atoms with Gasteiger partial charge in [0.15, 0.2) is 0 Å². The number of likely N-dealkylation sites (N-methyl/N-ethyl adjacent to an activating group) is 1. The molecular weight excluding hydrogens is 256 g/mol. The predicted molar refractivity (Wildman–Crippen MR) is 67.3 cm³/mol. The van der Waals surface area contributed by atoms with Crippen LogP contribution in [0.3, 0.4) is 0 Å². The van der Waals surface area contributed by atoms with Crippen molar-refractivity contribution in [1.29, 1.82) is 0 Å². The third-order valence-corrected chi connectivity index (χ3v) is 3.02. The van der Waals surface area contributed by atoms with Gasteiger partial charge in [-0.05, 0) is 24.7 Å². The van der Waals surface area contributed by atoms with Gasteiger partial charge in [0, 0.05) is 30.3 Å². The highest BCUT2D eigenvalue weighted by Crippen LogP contribution is 2.23. The van der Waals surface area contributed by atoms with Crippen molar-refractivity contribution in [3.05, 3.63) is 28.2 Å². The lowest BCUT2D eigenvalue weighted by molar-refractivity contribution is 0.304. The minimum atomic E-state index is 0.173. The molecule has 0 saturated heterocycles. The van der Waals surface area contributed by atoms with E-state index in [1.54, 1.807) is 0 Å². The summed E-state index contributed by atoms with van der Waals surface area (Å²) in [5.74, 6) is 0. The highest BCUT2D eigenvalue weighted by atomic mass is 79.9. The Morgan fingerprint density at radius 3 is 2.73 bits per heavy atom. The van der Waals surface area contributed by atoms with Gasteiger partial charge in [0.2, 0.25) is 0 Å². The van der Waals surface area contributed by atoms with Crippen LogP contribution in [-0.2, 0) is 6.54 Å². The minimum absolute atomic E-state index is 0.173. The fourth-order valence-corrected chi connectivity index (χ4v) is 1.89. The molecule has 0 spiro atoms. The molecule has 3 nitrogen and oxygen atoms in total.